The molecule has 1 atom stereocenters. The fourth-order valence-electron chi connectivity index (χ4n) is 3.07. The normalized spacial score (nSPS) is 12.1. The van der Waals surface area contributed by atoms with Gasteiger partial charge in [0.1, 0.15) is 6.04 Å². The van der Waals surface area contributed by atoms with Gasteiger partial charge in [-0.25, -0.2) is 0 Å². The summed E-state index contributed by atoms with van der Waals surface area (Å²) in [5.41, 5.74) is 3.69. The Kier molecular flexibility index (Phi) is 6.80. The van der Waals surface area contributed by atoms with Crippen LogP contribution in [0.3, 0.4) is 0 Å². The van der Waals surface area contributed by atoms with E-state index in [9.17, 15) is 4.79 Å². The van der Waals surface area contributed by atoms with Gasteiger partial charge in [0, 0.05) is 12.1 Å². The first-order valence-electron chi connectivity index (χ1n) is 9.40. The SMILES string of the molecule is CC(C)c1ccc([C@@H]([NH2+]CC(=O)NCc2ccccc2)c2cccs2)cc1. The highest BCUT2D eigenvalue weighted by Crippen LogP contribution is 2.24. The van der Waals surface area contributed by atoms with Gasteiger partial charge >= 0.3 is 0 Å². The molecule has 1 amide bonds. The number of thiophene rings is 1. The van der Waals surface area contributed by atoms with Gasteiger partial charge in [0.15, 0.2) is 6.54 Å². The second kappa shape index (κ2) is 9.49. The van der Waals surface area contributed by atoms with Crippen molar-refractivity contribution in [2.75, 3.05) is 6.54 Å². The van der Waals surface area contributed by atoms with Crippen molar-refractivity contribution in [3.63, 3.8) is 0 Å². The molecule has 0 saturated heterocycles. The highest BCUT2D eigenvalue weighted by atomic mass is 32.1. The van der Waals surface area contributed by atoms with Gasteiger partial charge in [0.25, 0.3) is 5.91 Å². The van der Waals surface area contributed by atoms with E-state index in [0.717, 1.165) is 5.56 Å². The Labute approximate surface area is 165 Å². The van der Waals surface area contributed by atoms with Crippen molar-refractivity contribution in [2.45, 2.75) is 32.4 Å². The number of hydrogen-bond donors (Lipinski definition) is 2. The Bertz CT molecular complexity index is 827. The molecule has 1 aromatic heterocycles. The monoisotopic (exact) mass is 379 g/mol. The highest BCUT2D eigenvalue weighted by Gasteiger charge is 2.20. The van der Waals surface area contributed by atoms with Crippen LogP contribution in [-0.2, 0) is 11.3 Å². The van der Waals surface area contributed by atoms with Crippen molar-refractivity contribution in [1.82, 2.24) is 5.32 Å². The van der Waals surface area contributed by atoms with Gasteiger partial charge in [-0.1, -0.05) is 74.5 Å². The molecule has 0 saturated carbocycles. The molecule has 0 bridgehead atoms. The molecule has 0 radical (unpaired) electrons. The summed E-state index contributed by atoms with van der Waals surface area (Å²) in [4.78, 5) is 13.6. The van der Waals surface area contributed by atoms with Gasteiger partial charge in [-0.05, 0) is 28.5 Å². The number of benzene rings is 2. The van der Waals surface area contributed by atoms with Crippen LogP contribution in [-0.4, -0.2) is 12.5 Å². The Morgan fingerprint density at radius 2 is 1.67 bits per heavy atom. The molecule has 0 aliphatic carbocycles. The molecule has 0 aliphatic heterocycles. The zero-order valence-electron chi connectivity index (χ0n) is 15.9. The summed E-state index contributed by atoms with van der Waals surface area (Å²) in [5, 5.41) is 7.22. The number of quaternary nitrogens is 1. The lowest BCUT2D eigenvalue weighted by Crippen LogP contribution is -2.87. The molecule has 3 aromatic rings. The summed E-state index contributed by atoms with van der Waals surface area (Å²) >= 11 is 1.74. The molecule has 0 unspecified atom stereocenters. The van der Waals surface area contributed by atoms with E-state index in [-0.39, 0.29) is 11.9 Å². The van der Waals surface area contributed by atoms with Crippen LogP contribution in [0, 0.1) is 0 Å². The van der Waals surface area contributed by atoms with E-state index in [1.165, 1.54) is 16.0 Å². The van der Waals surface area contributed by atoms with E-state index in [1.807, 2.05) is 30.3 Å². The van der Waals surface area contributed by atoms with Crippen molar-refractivity contribution >= 4 is 17.2 Å². The number of carbonyl (C=O) groups excluding carboxylic acids is 1. The second-order valence-electron chi connectivity index (χ2n) is 7.02. The number of hydrogen-bond acceptors (Lipinski definition) is 2. The third-order valence-corrected chi connectivity index (χ3v) is 5.64. The van der Waals surface area contributed by atoms with E-state index in [0.29, 0.717) is 19.0 Å². The molecule has 140 valence electrons. The van der Waals surface area contributed by atoms with Crippen molar-refractivity contribution < 1.29 is 10.1 Å². The lowest BCUT2D eigenvalue weighted by atomic mass is 9.98. The second-order valence-corrected chi connectivity index (χ2v) is 8.00. The van der Waals surface area contributed by atoms with Crippen LogP contribution in [0.5, 0.6) is 0 Å². The zero-order valence-corrected chi connectivity index (χ0v) is 16.7. The Morgan fingerprint density at radius 3 is 2.30 bits per heavy atom. The summed E-state index contributed by atoms with van der Waals surface area (Å²) in [6.45, 7) is 5.38. The molecule has 3 N–H and O–H groups in total. The van der Waals surface area contributed by atoms with Gasteiger partial charge in [-0.15, -0.1) is 11.3 Å². The van der Waals surface area contributed by atoms with Crippen LogP contribution in [0.15, 0.2) is 72.1 Å². The maximum Gasteiger partial charge on any atom is 0.275 e. The van der Waals surface area contributed by atoms with Gasteiger partial charge < -0.3 is 10.6 Å². The standard InChI is InChI=1S/C23H26N2OS/c1-17(2)19-10-12-20(13-11-19)23(21-9-6-14-27-21)25-16-22(26)24-15-18-7-4-3-5-8-18/h3-14,17,23,25H,15-16H2,1-2H3,(H,24,26)/p+1/t23-/m1/s1. The fraction of sp³-hybridized carbons (Fsp3) is 0.261. The maximum atomic E-state index is 12.3. The van der Waals surface area contributed by atoms with Crippen LogP contribution in [0.1, 0.15) is 47.4 Å². The molecular weight excluding hydrogens is 352 g/mol. The largest absolute Gasteiger partial charge is 0.347 e. The van der Waals surface area contributed by atoms with Crippen LogP contribution in [0.2, 0.25) is 0 Å². The molecule has 3 nitrogen and oxygen atoms in total. The average Bonchev–Trinajstić information content (AvgIpc) is 3.22. The zero-order chi connectivity index (χ0) is 19.1. The number of nitrogens with one attached hydrogen (secondary N) is 1. The van der Waals surface area contributed by atoms with Crippen molar-refractivity contribution in [1.29, 1.82) is 0 Å². The molecule has 0 fully saturated rings. The number of nitrogens with two attached hydrogens (primary N) is 1. The molecule has 1 heterocycles. The molecule has 0 spiro atoms. The van der Waals surface area contributed by atoms with E-state index < -0.39 is 0 Å². The third-order valence-electron chi connectivity index (χ3n) is 4.68. The Balaban J connectivity index is 1.63. The fourth-order valence-corrected chi connectivity index (χ4v) is 3.92. The van der Waals surface area contributed by atoms with Crippen LogP contribution in [0.25, 0.3) is 0 Å². The molecule has 27 heavy (non-hydrogen) atoms. The lowest BCUT2D eigenvalue weighted by molar-refractivity contribution is -0.676. The topological polar surface area (TPSA) is 45.7 Å². The molecule has 2 aromatic carbocycles. The third kappa shape index (κ3) is 5.52. The first-order valence-corrected chi connectivity index (χ1v) is 10.3. The van der Waals surface area contributed by atoms with E-state index >= 15 is 0 Å². The number of amides is 1. The van der Waals surface area contributed by atoms with Gasteiger partial charge in [-0.2, -0.15) is 0 Å². The minimum Gasteiger partial charge on any atom is -0.347 e. The summed E-state index contributed by atoms with van der Waals surface area (Å²) in [5.74, 6) is 0.575. The quantitative estimate of drug-likeness (QED) is 0.614. The molecular formula is C23H27N2OS+. The molecule has 4 heteroatoms. The maximum absolute atomic E-state index is 12.3. The van der Waals surface area contributed by atoms with Gasteiger partial charge in [0.2, 0.25) is 0 Å². The first-order chi connectivity index (χ1) is 13.1. The minimum atomic E-state index is 0.0548. The predicted molar refractivity (Wildman–Crippen MR) is 112 cm³/mol. The number of rotatable bonds is 8. The Morgan fingerprint density at radius 1 is 0.963 bits per heavy atom. The minimum absolute atomic E-state index is 0.0548. The van der Waals surface area contributed by atoms with Gasteiger partial charge in [-0.3, -0.25) is 4.79 Å². The number of carbonyl (C=O) groups is 1. The van der Waals surface area contributed by atoms with Crippen molar-refractivity contribution in [2.24, 2.45) is 0 Å². The summed E-state index contributed by atoms with van der Waals surface area (Å²) < 4.78 is 0. The first kappa shape index (κ1) is 19.3. The smallest absolute Gasteiger partial charge is 0.275 e. The van der Waals surface area contributed by atoms with Gasteiger partial charge in [0.05, 0.1) is 4.88 Å². The predicted octanol–water partition coefficient (Wildman–Crippen LogP) is 3.84. The summed E-state index contributed by atoms with van der Waals surface area (Å²) in [6, 6.07) is 23.1. The van der Waals surface area contributed by atoms with Crippen molar-refractivity contribution in [3.05, 3.63) is 93.7 Å². The van der Waals surface area contributed by atoms with E-state index in [4.69, 9.17) is 0 Å². The Hall–Kier alpha value is -2.43. The van der Waals surface area contributed by atoms with Crippen LogP contribution < -0.4 is 10.6 Å². The molecule has 3 rings (SSSR count). The van der Waals surface area contributed by atoms with Crippen molar-refractivity contribution in [3.8, 4) is 0 Å². The average molecular weight is 380 g/mol. The molecule has 0 aliphatic rings. The summed E-state index contributed by atoms with van der Waals surface area (Å²) in [6.07, 6.45) is 0. The van der Waals surface area contributed by atoms with Crippen LogP contribution >= 0.6 is 11.3 Å². The van der Waals surface area contributed by atoms with E-state index in [2.05, 4.69) is 66.3 Å². The van der Waals surface area contributed by atoms with Crippen LogP contribution in [0.4, 0.5) is 0 Å². The van der Waals surface area contributed by atoms with E-state index in [1.54, 1.807) is 11.3 Å². The summed E-state index contributed by atoms with van der Waals surface area (Å²) in [7, 11) is 0. The lowest BCUT2D eigenvalue weighted by Gasteiger charge is -2.16. The highest BCUT2D eigenvalue weighted by molar-refractivity contribution is 7.10.